The third kappa shape index (κ3) is 3.83. The molecule has 106 valence electrons. The molecule has 0 spiro atoms. The molecular formula is C11H8BrF3N4S. The molecule has 2 aromatic heterocycles. The monoisotopic (exact) mass is 364 g/mol. The van der Waals surface area contributed by atoms with Crippen LogP contribution in [0.15, 0.2) is 38.9 Å². The summed E-state index contributed by atoms with van der Waals surface area (Å²) in [6.07, 6.45) is -2.95. The van der Waals surface area contributed by atoms with Gasteiger partial charge in [0.1, 0.15) is 10.1 Å². The number of anilines is 1. The lowest BCUT2D eigenvalue weighted by atomic mass is 10.4. The summed E-state index contributed by atoms with van der Waals surface area (Å²) < 4.78 is 39.0. The Bertz CT molecular complexity index is 604. The van der Waals surface area contributed by atoms with Gasteiger partial charge in [-0.2, -0.15) is 13.2 Å². The van der Waals surface area contributed by atoms with Crippen LogP contribution < -0.4 is 5.32 Å². The number of pyridine rings is 1. The van der Waals surface area contributed by atoms with Gasteiger partial charge >= 0.3 is 6.18 Å². The Balaban J connectivity index is 2.33. The van der Waals surface area contributed by atoms with Gasteiger partial charge in [0.2, 0.25) is 5.95 Å². The SMILES string of the molecule is CNc1nc(Sc2ccc(Br)cn2)cc(C(F)(F)F)n1. The van der Waals surface area contributed by atoms with Gasteiger partial charge in [0, 0.05) is 23.8 Å². The average molecular weight is 365 g/mol. The van der Waals surface area contributed by atoms with Crippen molar-refractivity contribution in [2.45, 2.75) is 16.2 Å². The van der Waals surface area contributed by atoms with Crippen LogP contribution in [-0.4, -0.2) is 22.0 Å². The topological polar surface area (TPSA) is 50.7 Å². The van der Waals surface area contributed by atoms with E-state index < -0.39 is 11.9 Å². The molecule has 2 rings (SSSR count). The van der Waals surface area contributed by atoms with E-state index in [1.807, 2.05) is 0 Å². The van der Waals surface area contributed by atoms with Crippen LogP contribution in [0.5, 0.6) is 0 Å². The lowest BCUT2D eigenvalue weighted by molar-refractivity contribution is -0.141. The minimum atomic E-state index is -4.52. The zero-order chi connectivity index (χ0) is 14.8. The quantitative estimate of drug-likeness (QED) is 0.838. The minimum absolute atomic E-state index is 0.0839. The second kappa shape index (κ2) is 5.96. The van der Waals surface area contributed by atoms with Gasteiger partial charge < -0.3 is 5.32 Å². The highest BCUT2D eigenvalue weighted by Gasteiger charge is 2.33. The Morgan fingerprint density at radius 3 is 2.50 bits per heavy atom. The number of aromatic nitrogens is 3. The summed E-state index contributed by atoms with van der Waals surface area (Å²) >= 11 is 4.27. The summed E-state index contributed by atoms with van der Waals surface area (Å²) in [5.41, 5.74) is -0.989. The van der Waals surface area contributed by atoms with Crippen LogP contribution in [0.2, 0.25) is 0 Å². The fourth-order valence-electron chi connectivity index (χ4n) is 1.26. The van der Waals surface area contributed by atoms with Crippen molar-refractivity contribution >= 4 is 33.6 Å². The van der Waals surface area contributed by atoms with Crippen molar-refractivity contribution in [1.29, 1.82) is 0 Å². The summed E-state index contributed by atoms with van der Waals surface area (Å²) in [5.74, 6) is -0.0839. The second-order valence-corrected chi connectivity index (χ2v) is 5.54. The van der Waals surface area contributed by atoms with E-state index in [-0.39, 0.29) is 11.0 Å². The molecule has 0 amide bonds. The highest BCUT2D eigenvalue weighted by atomic mass is 79.9. The van der Waals surface area contributed by atoms with Crippen LogP contribution in [0.3, 0.4) is 0 Å². The molecule has 0 unspecified atom stereocenters. The van der Waals surface area contributed by atoms with Gasteiger partial charge in [0.15, 0.2) is 5.69 Å². The highest BCUT2D eigenvalue weighted by molar-refractivity contribution is 9.10. The van der Waals surface area contributed by atoms with Crippen LogP contribution in [0.4, 0.5) is 19.1 Å². The molecule has 0 saturated carbocycles. The minimum Gasteiger partial charge on any atom is -0.357 e. The van der Waals surface area contributed by atoms with E-state index in [0.29, 0.717) is 5.03 Å². The number of alkyl halides is 3. The van der Waals surface area contributed by atoms with Crippen LogP contribution in [0, 0.1) is 0 Å². The molecule has 4 nitrogen and oxygen atoms in total. The lowest BCUT2D eigenvalue weighted by Crippen LogP contribution is -2.11. The summed E-state index contributed by atoms with van der Waals surface area (Å²) in [6, 6.07) is 4.33. The van der Waals surface area contributed by atoms with Gasteiger partial charge in [-0.3, -0.25) is 0 Å². The number of hydrogen-bond acceptors (Lipinski definition) is 5. The van der Waals surface area contributed by atoms with Crippen molar-refractivity contribution in [3.63, 3.8) is 0 Å². The van der Waals surface area contributed by atoms with Crippen LogP contribution in [-0.2, 0) is 6.18 Å². The molecule has 1 N–H and O–H groups in total. The average Bonchev–Trinajstić information content (AvgIpc) is 2.40. The van der Waals surface area contributed by atoms with E-state index in [4.69, 9.17) is 0 Å². The first kappa shape index (κ1) is 15.0. The first-order valence-electron chi connectivity index (χ1n) is 5.32. The summed E-state index contributed by atoms with van der Waals surface area (Å²) in [7, 11) is 1.46. The first-order valence-corrected chi connectivity index (χ1v) is 6.93. The molecule has 0 atom stereocenters. The molecular weight excluding hydrogens is 357 g/mol. The van der Waals surface area contributed by atoms with Gasteiger partial charge in [-0.25, -0.2) is 15.0 Å². The van der Waals surface area contributed by atoms with Crippen molar-refractivity contribution in [2.75, 3.05) is 12.4 Å². The maximum atomic E-state index is 12.7. The number of halogens is 4. The Morgan fingerprint density at radius 2 is 1.95 bits per heavy atom. The predicted molar refractivity (Wildman–Crippen MR) is 72.6 cm³/mol. The van der Waals surface area contributed by atoms with Crippen LogP contribution >= 0.6 is 27.7 Å². The zero-order valence-electron chi connectivity index (χ0n) is 10.1. The van der Waals surface area contributed by atoms with Crippen LogP contribution in [0.1, 0.15) is 5.69 Å². The Morgan fingerprint density at radius 1 is 1.20 bits per heavy atom. The molecule has 0 radical (unpaired) electrons. The first-order chi connectivity index (χ1) is 9.38. The third-order valence-corrected chi connectivity index (χ3v) is 3.46. The van der Waals surface area contributed by atoms with Crippen molar-refractivity contribution < 1.29 is 13.2 Å². The summed E-state index contributed by atoms with van der Waals surface area (Å²) in [6.45, 7) is 0. The van der Waals surface area contributed by atoms with Crippen molar-refractivity contribution in [1.82, 2.24) is 15.0 Å². The smallest absolute Gasteiger partial charge is 0.357 e. The maximum absolute atomic E-state index is 12.7. The predicted octanol–water partition coefficient (Wildman–Crippen LogP) is 3.85. The van der Waals surface area contributed by atoms with Gasteiger partial charge in [0.25, 0.3) is 0 Å². The van der Waals surface area contributed by atoms with Crippen molar-refractivity contribution in [3.05, 3.63) is 34.6 Å². The van der Waals surface area contributed by atoms with E-state index in [1.165, 1.54) is 7.05 Å². The Labute approximate surface area is 125 Å². The van der Waals surface area contributed by atoms with E-state index >= 15 is 0 Å². The molecule has 2 heterocycles. The molecule has 0 saturated heterocycles. The maximum Gasteiger partial charge on any atom is 0.433 e. The lowest BCUT2D eigenvalue weighted by Gasteiger charge is -2.09. The number of hydrogen-bond donors (Lipinski definition) is 1. The Hall–Kier alpha value is -1.35. The second-order valence-electron chi connectivity index (χ2n) is 3.58. The highest BCUT2D eigenvalue weighted by Crippen LogP contribution is 2.32. The van der Waals surface area contributed by atoms with E-state index in [0.717, 1.165) is 22.3 Å². The summed E-state index contributed by atoms with van der Waals surface area (Å²) in [5, 5.41) is 3.23. The normalized spacial score (nSPS) is 11.4. The van der Waals surface area contributed by atoms with E-state index in [2.05, 4.69) is 36.2 Å². The van der Waals surface area contributed by atoms with Crippen LogP contribution in [0.25, 0.3) is 0 Å². The molecule has 9 heteroatoms. The molecule has 0 aliphatic carbocycles. The van der Waals surface area contributed by atoms with E-state index in [1.54, 1.807) is 18.3 Å². The molecule has 20 heavy (non-hydrogen) atoms. The number of rotatable bonds is 3. The Kier molecular flexibility index (Phi) is 4.48. The molecule has 0 aromatic carbocycles. The molecule has 0 aliphatic heterocycles. The van der Waals surface area contributed by atoms with E-state index in [9.17, 15) is 13.2 Å². The zero-order valence-corrected chi connectivity index (χ0v) is 12.5. The van der Waals surface area contributed by atoms with Gasteiger partial charge in [-0.05, 0) is 39.8 Å². The van der Waals surface area contributed by atoms with Crippen molar-refractivity contribution in [2.24, 2.45) is 0 Å². The number of nitrogens with zero attached hydrogens (tertiary/aromatic N) is 3. The fraction of sp³-hybridized carbons (Fsp3) is 0.182. The molecule has 0 aliphatic rings. The molecule has 0 fully saturated rings. The third-order valence-electron chi connectivity index (χ3n) is 2.13. The largest absolute Gasteiger partial charge is 0.433 e. The summed E-state index contributed by atoms with van der Waals surface area (Å²) in [4.78, 5) is 11.4. The van der Waals surface area contributed by atoms with Crippen molar-refractivity contribution in [3.8, 4) is 0 Å². The molecule has 2 aromatic rings. The standard InChI is InChI=1S/C11H8BrF3N4S/c1-16-10-18-7(11(13,14)15)4-9(19-10)20-8-3-2-6(12)5-17-8/h2-5H,1H3,(H,16,18,19). The molecule has 0 bridgehead atoms. The van der Waals surface area contributed by atoms with Gasteiger partial charge in [-0.15, -0.1) is 0 Å². The number of nitrogens with one attached hydrogen (secondary N) is 1. The van der Waals surface area contributed by atoms with Gasteiger partial charge in [-0.1, -0.05) is 0 Å². The van der Waals surface area contributed by atoms with Gasteiger partial charge in [0.05, 0.1) is 0 Å². The fourth-order valence-corrected chi connectivity index (χ4v) is 2.26.